The minimum Gasteiger partial charge on any atom is -0.307 e. The maximum Gasteiger partial charge on any atom is 0.137 e. The molecule has 0 spiro atoms. The lowest BCUT2D eigenvalue weighted by molar-refractivity contribution is 0.611. The summed E-state index contributed by atoms with van der Waals surface area (Å²) in [7, 11) is 0. The zero-order valence-electron chi connectivity index (χ0n) is 9.16. The van der Waals surface area contributed by atoms with Gasteiger partial charge in [-0.25, -0.2) is 4.39 Å². The summed E-state index contributed by atoms with van der Waals surface area (Å²) in [5.41, 5.74) is 1.88. The van der Waals surface area contributed by atoms with Crippen molar-refractivity contribution in [2.75, 3.05) is 0 Å². The molecule has 2 aromatic rings. The van der Waals surface area contributed by atoms with Crippen molar-refractivity contribution in [3.05, 3.63) is 64.1 Å². The van der Waals surface area contributed by atoms with Crippen LogP contribution in [0.3, 0.4) is 0 Å². The number of halogens is 2. The number of benzene rings is 1. The molecule has 0 aliphatic rings. The van der Waals surface area contributed by atoms with Crippen molar-refractivity contribution < 1.29 is 4.39 Å². The lowest BCUT2D eigenvalue weighted by Crippen LogP contribution is -2.14. The van der Waals surface area contributed by atoms with Gasteiger partial charge in [0.15, 0.2) is 0 Å². The van der Waals surface area contributed by atoms with Gasteiger partial charge in [0.05, 0.1) is 10.2 Å². The normalized spacial score (nSPS) is 10.5. The molecule has 0 aliphatic heterocycles. The SMILES string of the molecule is Fc1cccc(CNCc2ccccn2)c1Br. The number of hydrogen-bond donors (Lipinski definition) is 1. The van der Waals surface area contributed by atoms with Gasteiger partial charge in [-0.1, -0.05) is 18.2 Å². The van der Waals surface area contributed by atoms with Crippen molar-refractivity contribution in [3.63, 3.8) is 0 Å². The Labute approximate surface area is 108 Å². The smallest absolute Gasteiger partial charge is 0.137 e. The highest BCUT2D eigenvalue weighted by Gasteiger charge is 2.04. The van der Waals surface area contributed by atoms with Gasteiger partial charge in [-0.05, 0) is 39.7 Å². The summed E-state index contributed by atoms with van der Waals surface area (Å²) in [6, 6.07) is 10.8. The van der Waals surface area contributed by atoms with Gasteiger partial charge in [0.1, 0.15) is 5.82 Å². The molecule has 1 aromatic carbocycles. The summed E-state index contributed by atoms with van der Waals surface area (Å²) in [6.07, 6.45) is 1.76. The molecule has 0 atom stereocenters. The lowest BCUT2D eigenvalue weighted by atomic mass is 10.2. The fourth-order valence-corrected chi connectivity index (χ4v) is 1.92. The molecule has 0 bridgehead atoms. The Morgan fingerprint density at radius 2 is 2.00 bits per heavy atom. The second kappa shape index (κ2) is 5.89. The van der Waals surface area contributed by atoms with E-state index in [0.29, 0.717) is 17.6 Å². The van der Waals surface area contributed by atoms with Crippen LogP contribution in [0.1, 0.15) is 11.3 Å². The first-order valence-electron chi connectivity index (χ1n) is 5.31. The van der Waals surface area contributed by atoms with E-state index in [2.05, 4.69) is 26.2 Å². The zero-order valence-corrected chi connectivity index (χ0v) is 10.7. The molecule has 0 amide bonds. The Kier molecular flexibility index (Phi) is 4.23. The molecular formula is C13H12BrFN2. The molecule has 0 fully saturated rings. The Morgan fingerprint density at radius 3 is 2.76 bits per heavy atom. The van der Waals surface area contributed by atoms with Crippen LogP contribution in [0.2, 0.25) is 0 Å². The fraction of sp³-hybridized carbons (Fsp3) is 0.154. The number of nitrogens with zero attached hydrogens (tertiary/aromatic N) is 1. The van der Waals surface area contributed by atoms with Gasteiger partial charge < -0.3 is 5.32 Å². The molecule has 1 aromatic heterocycles. The van der Waals surface area contributed by atoms with E-state index in [1.165, 1.54) is 6.07 Å². The molecule has 1 heterocycles. The molecule has 4 heteroatoms. The van der Waals surface area contributed by atoms with Gasteiger partial charge in [0, 0.05) is 19.3 Å². The van der Waals surface area contributed by atoms with Crippen molar-refractivity contribution >= 4 is 15.9 Å². The second-order valence-electron chi connectivity index (χ2n) is 3.64. The zero-order chi connectivity index (χ0) is 12.1. The van der Waals surface area contributed by atoms with Gasteiger partial charge in [0.25, 0.3) is 0 Å². The highest BCUT2D eigenvalue weighted by atomic mass is 79.9. The van der Waals surface area contributed by atoms with E-state index in [1.54, 1.807) is 12.3 Å². The maximum atomic E-state index is 13.2. The molecular weight excluding hydrogens is 283 g/mol. The van der Waals surface area contributed by atoms with Gasteiger partial charge in [0.2, 0.25) is 0 Å². The third-order valence-corrected chi connectivity index (χ3v) is 3.27. The maximum absolute atomic E-state index is 13.2. The van der Waals surface area contributed by atoms with E-state index in [0.717, 1.165) is 11.3 Å². The summed E-state index contributed by atoms with van der Waals surface area (Å²) in [6.45, 7) is 1.28. The predicted molar refractivity (Wildman–Crippen MR) is 68.9 cm³/mol. The minimum atomic E-state index is -0.234. The van der Waals surface area contributed by atoms with E-state index in [9.17, 15) is 4.39 Å². The van der Waals surface area contributed by atoms with Crippen LogP contribution in [0.5, 0.6) is 0 Å². The van der Waals surface area contributed by atoms with Crippen LogP contribution in [-0.4, -0.2) is 4.98 Å². The quantitative estimate of drug-likeness (QED) is 0.936. The number of nitrogens with one attached hydrogen (secondary N) is 1. The summed E-state index contributed by atoms with van der Waals surface area (Å²) >= 11 is 3.24. The molecule has 2 rings (SSSR count). The predicted octanol–water partition coefficient (Wildman–Crippen LogP) is 3.27. The first-order valence-corrected chi connectivity index (χ1v) is 6.10. The van der Waals surface area contributed by atoms with Crippen LogP contribution in [0.4, 0.5) is 4.39 Å². The monoisotopic (exact) mass is 294 g/mol. The van der Waals surface area contributed by atoms with Crippen molar-refractivity contribution in [2.24, 2.45) is 0 Å². The third kappa shape index (κ3) is 3.35. The summed E-state index contributed by atoms with van der Waals surface area (Å²) < 4.78 is 13.8. The topological polar surface area (TPSA) is 24.9 Å². The van der Waals surface area contributed by atoms with Crippen LogP contribution in [0.15, 0.2) is 47.1 Å². The van der Waals surface area contributed by atoms with Gasteiger partial charge >= 0.3 is 0 Å². The number of aromatic nitrogens is 1. The highest BCUT2D eigenvalue weighted by Crippen LogP contribution is 2.20. The van der Waals surface area contributed by atoms with Crippen LogP contribution < -0.4 is 5.32 Å². The number of pyridine rings is 1. The van der Waals surface area contributed by atoms with Crippen molar-refractivity contribution in [1.29, 1.82) is 0 Å². The molecule has 2 nitrogen and oxygen atoms in total. The average Bonchev–Trinajstić information content (AvgIpc) is 2.36. The highest BCUT2D eigenvalue weighted by molar-refractivity contribution is 9.10. The van der Waals surface area contributed by atoms with Crippen LogP contribution >= 0.6 is 15.9 Å². The Balaban J connectivity index is 1.93. The molecule has 0 unspecified atom stereocenters. The molecule has 1 N–H and O–H groups in total. The summed E-state index contributed by atoms with van der Waals surface area (Å²) in [4.78, 5) is 4.20. The standard InChI is InChI=1S/C13H12BrFN2/c14-13-10(4-3-6-12(13)15)8-16-9-11-5-1-2-7-17-11/h1-7,16H,8-9H2. The first kappa shape index (κ1) is 12.2. The number of rotatable bonds is 4. The van der Waals surface area contributed by atoms with Gasteiger partial charge in [-0.15, -0.1) is 0 Å². The van der Waals surface area contributed by atoms with E-state index in [4.69, 9.17) is 0 Å². The average molecular weight is 295 g/mol. The molecule has 0 saturated heterocycles. The molecule has 0 radical (unpaired) electrons. The first-order chi connectivity index (χ1) is 8.27. The van der Waals surface area contributed by atoms with E-state index in [1.807, 2.05) is 24.3 Å². The third-order valence-electron chi connectivity index (χ3n) is 2.38. The van der Waals surface area contributed by atoms with Gasteiger partial charge in [-0.2, -0.15) is 0 Å². The molecule has 0 aliphatic carbocycles. The van der Waals surface area contributed by atoms with Crippen LogP contribution in [0, 0.1) is 5.82 Å². The van der Waals surface area contributed by atoms with Crippen LogP contribution in [0.25, 0.3) is 0 Å². The van der Waals surface area contributed by atoms with Crippen molar-refractivity contribution in [1.82, 2.24) is 10.3 Å². The Morgan fingerprint density at radius 1 is 1.12 bits per heavy atom. The number of hydrogen-bond acceptors (Lipinski definition) is 2. The summed E-state index contributed by atoms with van der Waals surface area (Å²) in [5, 5.41) is 3.23. The fourth-order valence-electron chi connectivity index (χ4n) is 1.51. The van der Waals surface area contributed by atoms with Gasteiger partial charge in [-0.3, -0.25) is 4.98 Å². The minimum absolute atomic E-state index is 0.234. The Bertz CT molecular complexity index is 488. The van der Waals surface area contributed by atoms with E-state index < -0.39 is 0 Å². The second-order valence-corrected chi connectivity index (χ2v) is 4.43. The largest absolute Gasteiger partial charge is 0.307 e. The summed E-state index contributed by atoms with van der Waals surface area (Å²) in [5.74, 6) is -0.234. The molecule has 88 valence electrons. The van der Waals surface area contributed by atoms with Crippen molar-refractivity contribution in [3.8, 4) is 0 Å². The Hall–Kier alpha value is -1.26. The van der Waals surface area contributed by atoms with Crippen molar-refractivity contribution in [2.45, 2.75) is 13.1 Å². The van der Waals surface area contributed by atoms with E-state index >= 15 is 0 Å². The molecule has 0 saturated carbocycles. The van der Waals surface area contributed by atoms with Crippen LogP contribution in [-0.2, 0) is 13.1 Å². The van der Waals surface area contributed by atoms with E-state index in [-0.39, 0.29) is 5.82 Å². The lowest BCUT2D eigenvalue weighted by Gasteiger charge is -2.07. The molecule has 17 heavy (non-hydrogen) atoms.